The molecule has 7 nitrogen and oxygen atoms in total. The largest absolute Gasteiger partial charge is 0.478 e. The maximum Gasteiger partial charge on any atom is 0.337 e. The fourth-order valence-corrected chi connectivity index (χ4v) is 3.69. The number of aromatic nitrogens is 1. The maximum absolute atomic E-state index is 11.9. The van der Waals surface area contributed by atoms with Gasteiger partial charge in [0.1, 0.15) is 5.69 Å². The molecule has 1 saturated heterocycles. The van der Waals surface area contributed by atoms with Gasteiger partial charge < -0.3 is 10.4 Å². The summed E-state index contributed by atoms with van der Waals surface area (Å²) < 4.78 is 22.9. The van der Waals surface area contributed by atoms with Gasteiger partial charge in [-0.2, -0.15) is 0 Å². The van der Waals surface area contributed by atoms with Gasteiger partial charge in [-0.05, 0) is 25.0 Å². The lowest BCUT2D eigenvalue weighted by Gasteiger charge is -2.22. The fraction of sp³-hybridized carbons (Fsp3) is 0.417. The number of carbonyl (C=O) groups excluding carboxylic acids is 1. The standard InChI is InChI=1S/C12H14N2O5S/c15-11(10-4-3-8(6-13-10)12(16)17)14-9-2-1-5-20(18,19)7-9/h3-4,6,9H,1-2,5,7H2,(H,14,15)(H,16,17). The van der Waals surface area contributed by atoms with Gasteiger partial charge in [0.2, 0.25) is 0 Å². The molecule has 1 aromatic heterocycles. The van der Waals surface area contributed by atoms with Crippen molar-refractivity contribution >= 4 is 21.7 Å². The Labute approximate surface area is 115 Å². The first-order valence-corrected chi connectivity index (χ1v) is 7.90. The van der Waals surface area contributed by atoms with E-state index < -0.39 is 27.8 Å². The minimum absolute atomic E-state index is 0.0122. The van der Waals surface area contributed by atoms with Crippen LogP contribution >= 0.6 is 0 Å². The molecule has 108 valence electrons. The molecule has 0 radical (unpaired) electrons. The summed E-state index contributed by atoms with van der Waals surface area (Å²) in [7, 11) is -3.09. The Morgan fingerprint density at radius 1 is 1.35 bits per heavy atom. The van der Waals surface area contributed by atoms with Gasteiger partial charge in [-0.1, -0.05) is 0 Å². The molecule has 1 fully saturated rings. The van der Waals surface area contributed by atoms with Crippen LogP contribution in [0.5, 0.6) is 0 Å². The van der Waals surface area contributed by atoms with Crippen LogP contribution in [0.2, 0.25) is 0 Å². The minimum Gasteiger partial charge on any atom is -0.478 e. The smallest absolute Gasteiger partial charge is 0.337 e. The number of hydrogen-bond acceptors (Lipinski definition) is 5. The molecule has 8 heteroatoms. The van der Waals surface area contributed by atoms with Crippen LogP contribution in [-0.2, 0) is 9.84 Å². The van der Waals surface area contributed by atoms with E-state index in [2.05, 4.69) is 10.3 Å². The van der Waals surface area contributed by atoms with Crippen LogP contribution in [0.15, 0.2) is 18.3 Å². The Hall–Kier alpha value is -1.96. The summed E-state index contributed by atoms with van der Waals surface area (Å²) in [6, 6.07) is 2.17. The van der Waals surface area contributed by atoms with Gasteiger partial charge in [-0.3, -0.25) is 9.78 Å². The van der Waals surface area contributed by atoms with Crippen molar-refractivity contribution in [3.8, 4) is 0 Å². The Kier molecular flexibility index (Phi) is 4.03. The van der Waals surface area contributed by atoms with E-state index in [4.69, 9.17) is 5.11 Å². The summed E-state index contributed by atoms with van der Waals surface area (Å²) in [5.74, 6) is -1.52. The minimum atomic E-state index is -3.09. The van der Waals surface area contributed by atoms with Gasteiger partial charge in [-0.25, -0.2) is 13.2 Å². The molecular weight excluding hydrogens is 284 g/mol. The molecule has 2 heterocycles. The van der Waals surface area contributed by atoms with Crippen molar-refractivity contribution in [3.05, 3.63) is 29.6 Å². The van der Waals surface area contributed by atoms with Crippen LogP contribution in [0.25, 0.3) is 0 Å². The normalized spacial score (nSPS) is 21.1. The van der Waals surface area contributed by atoms with Crippen molar-refractivity contribution in [1.29, 1.82) is 0 Å². The summed E-state index contributed by atoms with van der Waals surface area (Å²) in [6.45, 7) is 0. The molecular formula is C12H14N2O5S. The summed E-state index contributed by atoms with van der Waals surface area (Å²) >= 11 is 0. The summed E-state index contributed by atoms with van der Waals surface area (Å²) in [4.78, 5) is 26.3. The lowest BCUT2D eigenvalue weighted by molar-refractivity contribution is 0.0695. The first-order valence-electron chi connectivity index (χ1n) is 6.08. The molecule has 0 aromatic carbocycles. The summed E-state index contributed by atoms with van der Waals surface area (Å²) in [6.07, 6.45) is 2.23. The number of amides is 1. The number of carbonyl (C=O) groups is 2. The van der Waals surface area contributed by atoms with Crippen LogP contribution in [0, 0.1) is 0 Å². The van der Waals surface area contributed by atoms with Crippen LogP contribution < -0.4 is 5.32 Å². The highest BCUT2D eigenvalue weighted by Crippen LogP contribution is 2.12. The summed E-state index contributed by atoms with van der Waals surface area (Å²) in [5.41, 5.74) is 0.0553. The third kappa shape index (κ3) is 3.53. The number of carboxylic acids is 1. The van der Waals surface area contributed by atoms with E-state index in [1.165, 1.54) is 12.1 Å². The monoisotopic (exact) mass is 298 g/mol. The molecule has 1 aromatic rings. The predicted octanol–water partition coefficient (Wildman–Crippen LogP) is 0.0868. The molecule has 1 unspecified atom stereocenters. The van der Waals surface area contributed by atoms with E-state index in [1.54, 1.807) is 0 Å². The lowest BCUT2D eigenvalue weighted by Crippen LogP contribution is -2.43. The predicted molar refractivity (Wildman–Crippen MR) is 70.3 cm³/mol. The molecule has 0 bridgehead atoms. The second kappa shape index (κ2) is 5.58. The zero-order valence-corrected chi connectivity index (χ0v) is 11.4. The lowest BCUT2D eigenvalue weighted by atomic mass is 10.2. The number of aromatic carboxylic acids is 1. The number of nitrogens with zero attached hydrogens (tertiary/aromatic N) is 1. The van der Waals surface area contributed by atoms with E-state index in [0.717, 1.165) is 6.20 Å². The second-order valence-electron chi connectivity index (χ2n) is 4.66. The average Bonchev–Trinajstić information content (AvgIpc) is 2.37. The molecule has 1 amide bonds. The van der Waals surface area contributed by atoms with Crippen LogP contribution in [0.3, 0.4) is 0 Å². The third-order valence-electron chi connectivity index (χ3n) is 3.04. The average molecular weight is 298 g/mol. The highest BCUT2D eigenvalue weighted by atomic mass is 32.2. The number of sulfone groups is 1. The van der Waals surface area contributed by atoms with Crippen molar-refractivity contribution in [2.45, 2.75) is 18.9 Å². The molecule has 1 aliphatic heterocycles. The Balaban J connectivity index is 2.03. The van der Waals surface area contributed by atoms with E-state index >= 15 is 0 Å². The van der Waals surface area contributed by atoms with Crippen LogP contribution in [0.1, 0.15) is 33.7 Å². The van der Waals surface area contributed by atoms with Crippen molar-refractivity contribution in [3.63, 3.8) is 0 Å². The zero-order valence-electron chi connectivity index (χ0n) is 10.6. The maximum atomic E-state index is 11.9. The van der Waals surface area contributed by atoms with Crippen molar-refractivity contribution in [2.75, 3.05) is 11.5 Å². The number of pyridine rings is 1. The molecule has 1 atom stereocenters. The van der Waals surface area contributed by atoms with Gasteiger partial charge in [0.15, 0.2) is 9.84 Å². The summed E-state index contributed by atoms with van der Waals surface area (Å²) in [5, 5.41) is 11.3. The number of hydrogen-bond donors (Lipinski definition) is 2. The first-order chi connectivity index (χ1) is 9.37. The van der Waals surface area contributed by atoms with E-state index in [-0.39, 0.29) is 22.8 Å². The molecule has 0 spiro atoms. The quantitative estimate of drug-likeness (QED) is 0.817. The van der Waals surface area contributed by atoms with Gasteiger partial charge in [0.25, 0.3) is 5.91 Å². The molecule has 2 rings (SSSR count). The topological polar surface area (TPSA) is 113 Å². The molecule has 2 N–H and O–H groups in total. The fourth-order valence-electron chi connectivity index (χ4n) is 2.05. The Morgan fingerprint density at radius 3 is 2.65 bits per heavy atom. The van der Waals surface area contributed by atoms with E-state index in [9.17, 15) is 18.0 Å². The Morgan fingerprint density at radius 2 is 2.10 bits per heavy atom. The molecule has 20 heavy (non-hydrogen) atoms. The SMILES string of the molecule is O=C(O)c1ccc(C(=O)NC2CCCS(=O)(=O)C2)nc1. The number of carboxylic acid groups (broad SMARTS) is 1. The molecule has 0 saturated carbocycles. The Bertz CT molecular complexity index is 624. The number of nitrogens with one attached hydrogen (secondary N) is 1. The van der Waals surface area contributed by atoms with E-state index in [1.807, 2.05) is 0 Å². The second-order valence-corrected chi connectivity index (χ2v) is 6.89. The van der Waals surface area contributed by atoms with Crippen LogP contribution in [-0.4, -0.2) is 47.9 Å². The van der Waals surface area contributed by atoms with Gasteiger partial charge >= 0.3 is 5.97 Å². The van der Waals surface area contributed by atoms with Crippen molar-refractivity contribution in [2.24, 2.45) is 0 Å². The third-order valence-corrected chi connectivity index (χ3v) is 4.86. The van der Waals surface area contributed by atoms with Gasteiger partial charge in [0, 0.05) is 12.2 Å². The van der Waals surface area contributed by atoms with Crippen molar-refractivity contribution < 1.29 is 23.1 Å². The number of rotatable bonds is 3. The highest BCUT2D eigenvalue weighted by Gasteiger charge is 2.26. The van der Waals surface area contributed by atoms with Gasteiger partial charge in [-0.15, -0.1) is 0 Å². The first kappa shape index (κ1) is 14.4. The molecule has 1 aliphatic rings. The van der Waals surface area contributed by atoms with E-state index in [0.29, 0.717) is 12.8 Å². The van der Waals surface area contributed by atoms with Crippen LogP contribution in [0.4, 0.5) is 0 Å². The highest BCUT2D eigenvalue weighted by molar-refractivity contribution is 7.91. The molecule has 0 aliphatic carbocycles. The zero-order chi connectivity index (χ0) is 14.8. The van der Waals surface area contributed by atoms with Crippen molar-refractivity contribution in [1.82, 2.24) is 10.3 Å². The van der Waals surface area contributed by atoms with Gasteiger partial charge in [0.05, 0.1) is 17.1 Å².